The summed E-state index contributed by atoms with van der Waals surface area (Å²) in [4.78, 5) is 28.9. The van der Waals surface area contributed by atoms with Gasteiger partial charge in [-0.3, -0.25) is 9.59 Å². The van der Waals surface area contributed by atoms with Gasteiger partial charge in [0.15, 0.2) is 0 Å². The maximum Gasteiger partial charge on any atom is 0.274 e. The third-order valence-corrected chi connectivity index (χ3v) is 4.38. The topological polar surface area (TPSA) is 124 Å². The van der Waals surface area contributed by atoms with E-state index in [0.29, 0.717) is 29.2 Å². The lowest BCUT2D eigenvalue weighted by Gasteiger charge is -2.21. The van der Waals surface area contributed by atoms with E-state index in [4.69, 9.17) is 9.78 Å². The zero-order valence-corrected chi connectivity index (χ0v) is 15.8. The van der Waals surface area contributed by atoms with E-state index >= 15 is 0 Å². The number of hydrazone groups is 1. The molecule has 148 valence electrons. The summed E-state index contributed by atoms with van der Waals surface area (Å²) in [6.45, 7) is -0.265. The minimum atomic E-state index is -0.432. The van der Waals surface area contributed by atoms with Crippen LogP contribution in [0.25, 0.3) is 11.4 Å². The number of rotatable bonds is 5. The van der Waals surface area contributed by atoms with E-state index in [1.807, 2.05) is 36.4 Å². The van der Waals surface area contributed by atoms with Gasteiger partial charge in [0, 0.05) is 24.1 Å². The number of carbonyl (C=O) groups is 2. The lowest BCUT2D eigenvalue weighted by Crippen LogP contribution is -2.38. The van der Waals surface area contributed by atoms with Crippen molar-refractivity contribution in [3.05, 3.63) is 66.1 Å². The Hall–Kier alpha value is -4.32. The Balaban J connectivity index is 1.48. The number of nitriles is 1. The van der Waals surface area contributed by atoms with Gasteiger partial charge in [0.05, 0.1) is 11.6 Å². The van der Waals surface area contributed by atoms with Gasteiger partial charge in [-0.05, 0) is 18.2 Å². The van der Waals surface area contributed by atoms with Gasteiger partial charge >= 0.3 is 0 Å². The first kappa shape index (κ1) is 19.0. The molecule has 1 aliphatic rings. The Bertz CT molecular complexity index is 1160. The lowest BCUT2D eigenvalue weighted by atomic mass is 10.1. The maximum absolute atomic E-state index is 12.3. The van der Waals surface area contributed by atoms with Crippen LogP contribution in [0.1, 0.15) is 24.3 Å². The van der Waals surface area contributed by atoms with Crippen molar-refractivity contribution in [2.24, 2.45) is 5.10 Å². The first-order valence-corrected chi connectivity index (χ1v) is 9.20. The molecule has 0 spiro atoms. The van der Waals surface area contributed by atoms with Gasteiger partial charge in [0.25, 0.3) is 5.89 Å². The number of hydrogen-bond donors (Lipinski definition) is 1. The number of hydrogen-bond acceptors (Lipinski definition) is 7. The highest BCUT2D eigenvalue weighted by atomic mass is 16.5. The Morgan fingerprint density at radius 1 is 1.17 bits per heavy atom. The number of benzene rings is 2. The minimum absolute atomic E-state index is 0.180. The molecular weight excluding hydrogens is 384 g/mol. The SMILES string of the molecule is N#Cc1cccc(NC(=O)CN2N=C(c3nc(-c4ccccc4)no3)CCC2=O)c1. The largest absolute Gasteiger partial charge is 0.332 e. The van der Waals surface area contributed by atoms with Gasteiger partial charge in [-0.2, -0.15) is 15.3 Å². The quantitative estimate of drug-likeness (QED) is 0.702. The van der Waals surface area contributed by atoms with Crippen molar-refractivity contribution in [2.45, 2.75) is 12.8 Å². The van der Waals surface area contributed by atoms with Crippen molar-refractivity contribution in [1.82, 2.24) is 15.1 Å². The molecule has 4 rings (SSSR count). The average Bonchev–Trinajstić information content (AvgIpc) is 3.26. The first-order valence-electron chi connectivity index (χ1n) is 9.20. The highest BCUT2D eigenvalue weighted by Crippen LogP contribution is 2.19. The van der Waals surface area contributed by atoms with E-state index in [2.05, 4.69) is 20.6 Å². The van der Waals surface area contributed by atoms with Crippen molar-refractivity contribution in [3.63, 3.8) is 0 Å². The molecule has 3 aromatic rings. The Morgan fingerprint density at radius 2 is 2.00 bits per heavy atom. The van der Waals surface area contributed by atoms with E-state index < -0.39 is 5.91 Å². The highest BCUT2D eigenvalue weighted by molar-refractivity contribution is 6.02. The zero-order valence-electron chi connectivity index (χ0n) is 15.8. The second-order valence-corrected chi connectivity index (χ2v) is 6.53. The van der Waals surface area contributed by atoms with Crippen LogP contribution in [0, 0.1) is 11.3 Å². The molecular formula is C21H16N6O3. The fraction of sp³-hybridized carbons (Fsp3) is 0.143. The van der Waals surface area contributed by atoms with Gasteiger partial charge in [0.1, 0.15) is 12.3 Å². The van der Waals surface area contributed by atoms with Gasteiger partial charge in [0.2, 0.25) is 17.6 Å². The molecule has 0 radical (unpaired) electrons. The number of amides is 2. The van der Waals surface area contributed by atoms with Crippen LogP contribution in [0.5, 0.6) is 0 Å². The standard InChI is InChI=1S/C21H16N6O3/c22-12-14-5-4-8-16(11-14)23-18(28)13-27-19(29)10-9-17(25-27)21-24-20(26-30-21)15-6-2-1-3-7-15/h1-8,11H,9-10,13H2,(H,23,28). The van der Waals surface area contributed by atoms with Crippen LogP contribution in [-0.2, 0) is 9.59 Å². The molecule has 0 atom stereocenters. The molecule has 0 saturated heterocycles. The smallest absolute Gasteiger partial charge is 0.274 e. The zero-order chi connectivity index (χ0) is 20.9. The predicted molar refractivity (Wildman–Crippen MR) is 107 cm³/mol. The van der Waals surface area contributed by atoms with Crippen LogP contribution in [0.3, 0.4) is 0 Å². The molecule has 30 heavy (non-hydrogen) atoms. The number of anilines is 1. The van der Waals surface area contributed by atoms with Crippen molar-refractivity contribution < 1.29 is 14.1 Å². The second kappa shape index (κ2) is 8.36. The molecule has 1 aromatic heterocycles. The van der Waals surface area contributed by atoms with Crippen LogP contribution < -0.4 is 5.32 Å². The van der Waals surface area contributed by atoms with E-state index in [9.17, 15) is 9.59 Å². The molecule has 0 aliphatic carbocycles. The highest BCUT2D eigenvalue weighted by Gasteiger charge is 2.26. The second-order valence-electron chi connectivity index (χ2n) is 6.53. The fourth-order valence-electron chi connectivity index (χ4n) is 2.93. The van der Waals surface area contributed by atoms with E-state index in [0.717, 1.165) is 10.6 Å². The normalized spacial score (nSPS) is 13.5. The summed E-state index contributed by atoms with van der Waals surface area (Å²) < 4.78 is 5.31. The van der Waals surface area contributed by atoms with Crippen LogP contribution in [0.15, 0.2) is 64.2 Å². The number of carbonyl (C=O) groups excluding carboxylic acids is 2. The third kappa shape index (κ3) is 4.23. The maximum atomic E-state index is 12.3. The summed E-state index contributed by atoms with van der Waals surface area (Å²) in [6.07, 6.45) is 0.524. The third-order valence-electron chi connectivity index (χ3n) is 4.38. The summed E-state index contributed by atoms with van der Waals surface area (Å²) in [6, 6.07) is 17.9. The molecule has 0 bridgehead atoms. The molecule has 2 heterocycles. The summed E-state index contributed by atoms with van der Waals surface area (Å²) in [7, 11) is 0. The molecule has 9 heteroatoms. The molecule has 2 amide bonds. The summed E-state index contributed by atoms with van der Waals surface area (Å²) in [5, 5.41) is 20.9. The molecule has 0 fully saturated rings. The van der Waals surface area contributed by atoms with E-state index in [-0.39, 0.29) is 24.8 Å². The molecule has 0 saturated carbocycles. The van der Waals surface area contributed by atoms with Crippen LogP contribution >= 0.6 is 0 Å². The predicted octanol–water partition coefficient (Wildman–Crippen LogP) is 2.57. The monoisotopic (exact) mass is 400 g/mol. The Kier molecular flexibility index (Phi) is 5.30. The van der Waals surface area contributed by atoms with Crippen molar-refractivity contribution in [3.8, 4) is 17.5 Å². The Labute approximate surface area is 171 Å². The van der Waals surface area contributed by atoms with Crippen LogP contribution in [-0.4, -0.2) is 39.2 Å². The van der Waals surface area contributed by atoms with Crippen molar-refractivity contribution in [2.75, 3.05) is 11.9 Å². The van der Waals surface area contributed by atoms with Gasteiger partial charge in [-0.1, -0.05) is 41.6 Å². The number of aromatic nitrogens is 2. The van der Waals surface area contributed by atoms with E-state index in [1.165, 1.54) is 0 Å². The first-order chi connectivity index (χ1) is 14.6. The van der Waals surface area contributed by atoms with Crippen LogP contribution in [0.2, 0.25) is 0 Å². The van der Waals surface area contributed by atoms with E-state index in [1.54, 1.807) is 24.3 Å². The summed E-state index contributed by atoms with van der Waals surface area (Å²) in [5.41, 5.74) is 2.14. The van der Waals surface area contributed by atoms with Gasteiger partial charge in [-0.25, -0.2) is 5.01 Å². The lowest BCUT2D eigenvalue weighted by molar-refractivity contribution is -0.135. The molecule has 1 aliphatic heterocycles. The molecule has 2 aromatic carbocycles. The molecule has 1 N–H and O–H groups in total. The summed E-state index contributed by atoms with van der Waals surface area (Å²) >= 11 is 0. The number of nitrogens with zero attached hydrogens (tertiary/aromatic N) is 5. The minimum Gasteiger partial charge on any atom is -0.332 e. The molecule has 9 nitrogen and oxygen atoms in total. The fourth-order valence-corrected chi connectivity index (χ4v) is 2.93. The van der Waals surface area contributed by atoms with Crippen molar-refractivity contribution >= 4 is 23.2 Å². The van der Waals surface area contributed by atoms with Crippen molar-refractivity contribution in [1.29, 1.82) is 5.26 Å². The van der Waals surface area contributed by atoms with Gasteiger partial charge in [-0.15, -0.1) is 0 Å². The molecule has 0 unspecified atom stereocenters. The van der Waals surface area contributed by atoms with Crippen LogP contribution in [0.4, 0.5) is 5.69 Å². The average molecular weight is 400 g/mol. The van der Waals surface area contributed by atoms with Gasteiger partial charge < -0.3 is 9.84 Å². The summed E-state index contributed by atoms with van der Waals surface area (Å²) in [5.74, 6) is -0.0678. The Morgan fingerprint density at radius 3 is 2.80 bits per heavy atom. The number of nitrogens with one attached hydrogen (secondary N) is 1.